The second kappa shape index (κ2) is 8.97. The van der Waals surface area contributed by atoms with Crippen molar-refractivity contribution in [2.24, 2.45) is 17.8 Å². The Bertz CT molecular complexity index is 839. The van der Waals surface area contributed by atoms with E-state index in [-0.39, 0.29) is 23.3 Å². The molecule has 9 heteroatoms. The van der Waals surface area contributed by atoms with Gasteiger partial charge < -0.3 is 14.2 Å². The van der Waals surface area contributed by atoms with Crippen LogP contribution in [-0.4, -0.2) is 43.7 Å². The summed E-state index contributed by atoms with van der Waals surface area (Å²) < 4.78 is 61.1. The Morgan fingerprint density at radius 2 is 2.03 bits per heavy atom. The first kappa shape index (κ1) is 22.0. The largest absolute Gasteiger partial charge is 0.462 e. The minimum absolute atomic E-state index is 0.0131. The molecule has 29 heavy (non-hydrogen) atoms. The van der Waals surface area contributed by atoms with E-state index < -0.39 is 40.6 Å². The molecule has 7 nitrogen and oxygen atoms in total. The van der Waals surface area contributed by atoms with Crippen molar-refractivity contribution in [1.82, 2.24) is 0 Å². The molecular weight excluding hydrogens is 403 g/mol. The second-order valence-electron chi connectivity index (χ2n) is 8.15. The predicted molar refractivity (Wildman–Crippen MR) is 103 cm³/mol. The van der Waals surface area contributed by atoms with Gasteiger partial charge in [0.25, 0.3) is 10.1 Å². The lowest BCUT2D eigenvalue weighted by molar-refractivity contribution is -0.156. The molecule has 2 aliphatic carbocycles. The molecule has 0 aliphatic heterocycles. The summed E-state index contributed by atoms with van der Waals surface area (Å²) in [6, 6.07) is 3.52. The molecule has 2 bridgehead atoms. The van der Waals surface area contributed by atoms with Crippen molar-refractivity contribution in [3.63, 3.8) is 0 Å². The highest BCUT2D eigenvalue weighted by Gasteiger charge is 2.42. The Labute approximate surface area is 170 Å². The molecule has 2 fully saturated rings. The van der Waals surface area contributed by atoms with Crippen LogP contribution in [-0.2, 0) is 19.6 Å². The van der Waals surface area contributed by atoms with Crippen LogP contribution in [0.15, 0.2) is 18.2 Å². The van der Waals surface area contributed by atoms with E-state index in [0.717, 1.165) is 18.9 Å². The maximum absolute atomic E-state index is 14.3. The third-order valence-corrected chi connectivity index (χ3v) is 6.19. The van der Waals surface area contributed by atoms with Gasteiger partial charge in [0.1, 0.15) is 12.4 Å². The SMILES string of the molecule is CC(C)C(Oc1cc(C(=O)OCCS(=O)(=O)O)ccc1F)OC1CC2CCC1C2. The lowest BCUT2D eigenvalue weighted by atomic mass is 9.97. The quantitative estimate of drug-likeness (QED) is 0.364. The first-order chi connectivity index (χ1) is 13.6. The fourth-order valence-electron chi connectivity index (χ4n) is 4.02. The smallest absolute Gasteiger partial charge is 0.338 e. The van der Waals surface area contributed by atoms with Crippen LogP contribution < -0.4 is 4.74 Å². The molecule has 0 amide bonds. The van der Waals surface area contributed by atoms with Gasteiger partial charge in [0.15, 0.2) is 11.6 Å². The zero-order chi connectivity index (χ0) is 21.2. The van der Waals surface area contributed by atoms with Crippen molar-refractivity contribution in [3.05, 3.63) is 29.6 Å². The molecular formula is C20H27FO7S. The third kappa shape index (κ3) is 5.90. The van der Waals surface area contributed by atoms with Gasteiger partial charge in [-0.15, -0.1) is 0 Å². The number of esters is 1. The highest BCUT2D eigenvalue weighted by Crippen LogP contribution is 2.46. The summed E-state index contributed by atoms with van der Waals surface area (Å²) in [7, 11) is -4.24. The highest BCUT2D eigenvalue weighted by atomic mass is 32.2. The van der Waals surface area contributed by atoms with Gasteiger partial charge in [-0.2, -0.15) is 8.42 Å². The van der Waals surface area contributed by atoms with Crippen molar-refractivity contribution in [2.75, 3.05) is 12.4 Å². The molecule has 4 atom stereocenters. The maximum atomic E-state index is 14.3. The minimum atomic E-state index is -4.24. The Morgan fingerprint density at radius 3 is 2.62 bits per heavy atom. The average Bonchev–Trinajstić information content (AvgIpc) is 3.24. The lowest BCUT2D eigenvalue weighted by Crippen LogP contribution is -2.34. The van der Waals surface area contributed by atoms with Gasteiger partial charge in [-0.3, -0.25) is 4.55 Å². The molecule has 1 aromatic rings. The van der Waals surface area contributed by atoms with Crippen LogP contribution in [0.1, 0.15) is 49.9 Å². The van der Waals surface area contributed by atoms with Gasteiger partial charge in [0, 0.05) is 5.92 Å². The van der Waals surface area contributed by atoms with E-state index in [1.807, 2.05) is 13.8 Å². The van der Waals surface area contributed by atoms with E-state index in [1.165, 1.54) is 25.0 Å². The van der Waals surface area contributed by atoms with E-state index in [2.05, 4.69) is 0 Å². The Balaban J connectivity index is 1.65. The standard InChI is InChI=1S/C20H27FO7S/c1-12(2)20(27-17-10-13-3-4-14(17)9-13)28-18-11-15(5-6-16(18)21)19(22)26-7-8-29(23,24)25/h5-6,11-14,17,20H,3-4,7-10H2,1-2H3,(H,23,24,25). The fraction of sp³-hybridized carbons (Fsp3) is 0.650. The number of hydrogen-bond acceptors (Lipinski definition) is 6. The zero-order valence-electron chi connectivity index (χ0n) is 16.5. The van der Waals surface area contributed by atoms with Gasteiger partial charge in [-0.25, -0.2) is 9.18 Å². The summed E-state index contributed by atoms with van der Waals surface area (Å²) in [5.74, 6) is -1.12. The molecule has 2 aliphatic rings. The van der Waals surface area contributed by atoms with E-state index >= 15 is 0 Å². The van der Waals surface area contributed by atoms with Crippen LogP contribution in [0.4, 0.5) is 4.39 Å². The number of ether oxygens (including phenoxy) is 3. The van der Waals surface area contributed by atoms with E-state index in [0.29, 0.717) is 11.8 Å². The van der Waals surface area contributed by atoms with Gasteiger partial charge in [-0.1, -0.05) is 13.8 Å². The van der Waals surface area contributed by atoms with Crippen molar-refractivity contribution in [3.8, 4) is 5.75 Å². The molecule has 0 radical (unpaired) electrons. The van der Waals surface area contributed by atoms with Gasteiger partial charge >= 0.3 is 5.97 Å². The summed E-state index contributed by atoms with van der Waals surface area (Å²) in [5, 5.41) is 0. The van der Waals surface area contributed by atoms with E-state index in [4.69, 9.17) is 18.8 Å². The minimum Gasteiger partial charge on any atom is -0.462 e. The summed E-state index contributed by atoms with van der Waals surface area (Å²) in [6.07, 6.45) is 4.03. The van der Waals surface area contributed by atoms with Crippen LogP contribution in [0.5, 0.6) is 5.75 Å². The van der Waals surface area contributed by atoms with Gasteiger partial charge in [0.05, 0.1) is 11.7 Å². The molecule has 162 valence electrons. The molecule has 4 unspecified atom stereocenters. The number of fused-ring (bicyclic) bond motifs is 2. The molecule has 1 aromatic carbocycles. The molecule has 3 rings (SSSR count). The Morgan fingerprint density at radius 1 is 1.28 bits per heavy atom. The normalized spacial score (nSPS) is 24.7. The van der Waals surface area contributed by atoms with Gasteiger partial charge in [0.2, 0.25) is 6.29 Å². The summed E-state index contributed by atoms with van der Waals surface area (Å²) in [6.45, 7) is 3.33. The van der Waals surface area contributed by atoms with E-state index in [1.54, 1.807) is 0 Å². The van der Waals surface area contributed by atoms with Crippen LogP contribution in [0.3, 0.4) is 0 Å². The molecule has 1 N–H and O–H groups in total. The molecule has 2 saturated carbocycles. The number of hydrogen-bond donors (Lipinski definition) is 1. The number of carbonyl (C=O) groups is 1. The fourth-order valence-corrected chi connectivity index (χ4v) is 4.31. The van der Waals surface area contributed by atoms with Crippen LogP contribution >= 0.6 is 0 Å². The van der Waals surface area contributed by atoms with Crippen molar-refractivity contribution < 1.29 is 36.4 Å². The Kier molecular flexibility index (Phi) is 6.80. The van der Waals surface area contributed by atoms with Gasteiger partial charge in [-0.05, 0) is 55.7 Å². The van der Waals surface area contributed by atoms with Crippen molar-refractivity contribution >= 4 is 16.1 Å². The topological polar surface area (TPSA) is 99.1 Å². The zero-order valence-corrected chi connectivity index (χ0v) is 17.4. The molecule has 0 heterocycles. The first-order valence-corrected chi connectivity index (χ1v) is 11.5. The van der Waals surface area contributed by atoms with Crippen LogP contribution in [0.2, 0.25) is 0 Å². The number of rotatable bonds is 9. The molecule has 0 spiro atoms. The molecule has 0 saturated heterocycles. The summed E-state index contributed by atoms with van der Waals surface area (Å²) in [4.78, 5) is 12.1. The number of benzene rings is 1. The lowest BCUT2D eigenvalue weighted by Gasteiger charge is -2.30. The summed E-state index contributed by atoms with van der Waals surface area (Å²) >= 11 is 0. The number of carbonyl (C=O) groups excluding carboxylic acids is 1. The third-order valence-electron chi connectivity index (χ3n) is 5.51. The highest BCUT2D eigenvalue weighted by molar-refractivity contribution is 7.85. The van der Waals surface area contributed by atoms with Crippen molar-refractivity contribution in [2.45, 2.75) is 51.9 Å². The predicted octanol–water partition coefficient (Wildman–Crippen LogP) is 3.44. The van der Waals surface area contributed by atoms with E-state index in [9.17, 15) is 17.6 Å². The molecule has 0 aromatic heterocycles. The summed E-state index contributed by atoms with van der Waals surface area (Å²) in [5.41, 5.74) is 0.0131. The van der Waals surface area contributed by atoms with Crippen LogP contribution in [0, 0.1) is 23.6 Å². The Hall–Kier alpha value is -1.71. The first-order valence-electron chi connectivity index (χ1n) is 9.86. The van der Waals surface area contributed by atoms with Crippen molar-refractivity contribution in [1.29, 1.82) is 0 Å². The maximum Gasteiger partial charge on any atom is 0.338 e. The second-order valence-corrected chi connectivity index (χ2v) is 9.72. The average molecular weight is 430 g/mol. The number of halogens is 1. The van der Waals surface area contributed by atoms with Crippen LogP contribution in [0.25, 0.3) is 0 Å². The monoisotopic (exact) mass is 430 g/mol.